The van der Waals surface area contributed by atoms with Crippen LogP contribution in [0.4, 0.5) is 11.5 Å². The molecule has 0 spiro atoms. The molecule has 12 heteroatoms. The zero-order valence-electron chi connectivity index (χ0n) is 23.2. The predicted octanol–water partition coefficient (Wildman–Crippen LogP) is 4.44. The number of aryl methyl sites for hydroxylation is 2. The van der Waals surface area contributed by atoms with Gasteiger partial charge in [-0.15, -0.1) is 0 Å². The van der Waals surface area contributed by atoms with E-state index in [4.69, 9.17) is 15.1 Å². The maximum atomic E-state index is 13.3. The molecule has 0 aliphatic carbocycles. The van der Waals surface area contributed by atoms with Gasteiger partial charge in [-0.05, 0) is 43.7 Å². The summed E-state index contributed by atoms with van der Waals surface area (Å²) in [6.07, 6.45) is 0.538. The molecule has 1 saturated heterocycles. The first-order chi connectivity index (χ1) is 20.2. The number of nitro benzene ring substituents is 1. The van der Waals surface area contributed by atoms with E-state index < -0.39 is 14.9 Å². The van der Waals surface area contributed by atoms with E-state index in [9.17, 15) is 18.5 Å². The Balaban J connectivity index is 1.34. The standard InChI is InChI=1S/C30H29N7O4S/c1-21-8-10-23(11-9-21)20-27-31-29(28-22(2)33-36(30(28)32-27)24-6-4-3-5-7-24)34-16-18-35(19-17-34)42(40,41)26-14-12-25(13-15-26)37(38)39/h3-15H,16-20H2,1-2H3. The van der Waals surface area contributed by atoms with Crippen molar-refractivity contribution in [3.63, 3.8) is 0 Å². The number of benzene rings is 3. The van der Waals surface area contributed by atoms with Crippen LogP contribution in [0.2, 0.25) is 0 Å². The van der Waals surface area contributed by atoms with Crippen LogP contribution in [-0.4, -0.2) is 63.6 Å². The number of non-ortho nitro benzene ring substituents is 1. The Morgan fingerprint density at radius 2 is 1.52 bits per heavy atom. The van der Waals surface area contributed by atoms with E-state index in [2.05, 4.69) is 29.2 Å². The van der Waals surface area contributed by atoms with Crippen LogP contribution in [0.3, 0.4) is 0 Å². The minimum absolute atomic E-state index is 0.0337. The Bertz CT molecular complexity index is 1870. The first-order valence-electron chi connectivity index (χ1n) is 13.6. The first-order valence-corrected chi connectivity index (χ1v) is 15.0. The van der Waals surface area contributed by atoms with Crippen LogP contribution in [0, 0.1) is 24.0 Å². The van der Waals surface area contributed by atoms with E-state index in [1.807, 2.05) is 48.9 Å². The van der Waals surface area contributed by atoms with Gasteiger partial charge in [0.15, 0.2) is 5.65 Å². The van der Waals surface area contributed by atoms with Gasteiger partial charge in [0.2, 0.25) is 10.0 Å². The average Bonchev–Trinajstić information content (AvgIpc) is 3.34. The number of nitro groups is 1. The van der Waals surface area contributed by atoms with Crippen molar-refractivity contribution in [3.8, 4) is 5.69 Å². The highest BCUT2D eigenvalue weighted by molar-refractivity contribution is 7.89. The molecule has 3 heterocycles. The van der Waals surface area contributed by atoms with Crippen LogP contribution in [0.1, 0.15) is 22.6 Å². The van der Waals surface area contributed by atoms with Crippen LogP contribution < -0.4 is 4.90 Å². The molecule has 0 radical (unpaired) electrons. The number of hydrogen-bond acceptors (Lipinski definition) is 8. The summed E-state index contributed by atoms with van der Waals surface area (Å²) in [6, 6.07) is 23.1. The number of nitrogens with zero attached hydrogens (tertiary/aromatic N) is 7. The highest BCUT2D eigenvalue weighted by Gasteiger charge is 2.31. The molecule has 0 N–H and O–H groups in total. The van der Waals surface area contributed by atoms with Crippen molar-refractivity contribution < 1.29 is 13.3 Å². The number of para-hydroxylation sites is 1. The van der Waals surface area contributed by atoms with Gasteiger partial charge in [-0.2, -0.15) is 9.40 Å². The fraction of sp³-hybridized carbons (Fsp3) is 0.233. The number of anilines is 1. The second-order valence-electron chi connectivity index (χ2n) is 10.3. The lowest BCUT2D eigenvalue weighted by Crippen LogP contribution is -2.49. The third-order valence-corrected chi connectivity index (χ3v) is 9.35. The Morgan fingerprint density at radius 3 is 2.17 bits per heavy atom. The zero-order chi connectivity index (χ0) is 29.4. The number of rotatable bonds is 7. The number of aromatic nitrogens is 4. The summed E-state index contributed by atoms with van der Waals surface area (Å²) >= 11 is 0. The van der Waals surface area contributed by atoms with Gasteiger partial charge in [-0.25, -0.2) is 23.1 Å². The van der Waals surface area contributed by atoms with E-state index in [0.717, 1.165) is 28.1 Å². The van der Waals surface area contributed by atoms with Gasteiger partial charge in [-0.1, -0.05) is 48.0 Å². The quantitative estimate of drug-likeness (QED) is 0.203. The van der Waals surface area contributed by atoms with E-state index in [1.165, 1.54) is 34.1 Å². The summed E-state index contributed by atoms with van der Waals surface area (Å²) in [4.78, 5) is 22.6. The highest BCUT2D eigenvalue weighted by Crippen LogP contribution is 2.31. The van der Waals surface area contributed by atoms with Gasteiger partial charge in [0, 0.05) is 44.7 Å². The molecule has 0 unspecified atom stereocenters. The molecule has 3 aromatic carbocycles. The van der Waals surface area contributed by atoms with Gasteiger partial charge < -0.3 is 4.90 Å². The van der Waals surface area contributed by atoms with Crippen molar-refractivity contribution in [1.82, 2.24) is 24.1 Å². The van der Waals surface area contributed by atoms with E-state index in [1.54, 1.807) is 0 Å². The molecule has 1 aliphatic rings. The van der Waals surface area contributed by atoms with Gasteiger partial charge >= 0.3 is 0 Å². The lowest BCUT2D eigenvalue weighted by Gasteiger charge is -2.35. The number of sulfonamides is 1. The average molecular weight is 584 g/mol. The molecular formula is C30H29N7O4S. The molecule has 42 heavy (non-hydrogen) atoms. The van der Waals surface area contributed by atoms with Gasteiger partial charge in [0.25, 0.3) is 5.69 Å². The summed E-state index contributed by atoms with van der Waals surface area (Å²) in [6.45, 7) is 5.29. The van der Waals surface area contributed by atoms with E-state index in [-0.39, 0.29) is 23.7 Å². The van der Waals surface area contributed by atoms with Crippen molar-refractivity contribution in [3.05, 3.63) is 112 Å². The minimum atomic E-state index is -3.81. The summed E-state index contributed by atoms with van der Waals surface area (Å²) in [5, 5.41) is 16.7. The number of fused-ring (bicyclic) bond motifs is 1. The zero-order valence-corrected chi connectivity index (χ0v) is 24.0. The van der Waals surface area contributed by atoms with Crippen LogP contribution in [0.5, 0.6) is 0 Å². The number of hydrogen-bond donors (Lipinski definition) is 0. The van der Waals surface area contributed by atoms with Crippen LogP contribution >= 0.6 is 0 Å². The topological polar surface area (TPSA) is 127 Å². The van der Waals surface area contributed by atoms with Crippen LogP contribution in [0.25, 0.3) is 16.7 Å². The van der Waals surface area contributed by atoms with E-state index in [0.29, 0.717) is 31.0 Å². The van der Waals surface area contributed by atoms with E-state index >= 15 is 0 Å². The van der Waals surface area contributed by atoms with Crippen molar-refractivity contribution in [1.29, 1.82) is 0 Å². The molecule has 2 aromatic heterocycles. The molecule has 214 valence electrons. The third kappa shape index (κ3) is 5.21. The Labute approximate surface area is 243 Å². The van der Waals surface area contributed by atoms with Crippen molar-refractivity contribution >= 4 is 32.6 Å². The molecule has 6 rings (SSSR count). The molecule has 0 saturated carbocycles. The van der Waals surface area contributed by atoms with Gasteiger partial charge in [-0.3, -0.25) is 10.1 Å². The molecule has 0 amide bonds. The molecule has 1 aliphatic heterocycles. The second-order valence-corrected chi connectivity index (χ2v) is 12.2. The van der Waals surface area contributed by atoms with Gasteiger partial charge in [0.1, 0.15) is 11.6 Å². The largest absolute Gasteiger partial charge is 0.353 e. The number of piperazine rings is 1. The molecule has 1 fully saturated rings. The third-order valence-electron chi connectivity index (χ3n) is 7.44. The molecule has 11 nitrogen and oxygen atoms in total. The fourth-order valence-corrected chi connectivity index (χ4v) is 6.60. The molecular weight excluding hydrogens is 554 g/mol. The van der Waals surface area contributed by atoms with Crippen LogP contribution in [-0.2, 0) is 16.4 Å². The monoisotopic (exact) mass is 583 g/mol. The molecule has 0 atom stereocenters. The first kappa shape index (κ1) is 27.5. The maximum Gasteiger partial charge on any atom is 0.269 e. The van der Waals surface area contributed by atoms with Crippen molar-refractivity contribution in [2.45, 2.75) is 25.2 Å². The van der Waals surface area contributed by atoms with Crippen molar-refractivity contribution in [2.24, 2.45) is 0 Å². The predicted molar refractivity (Wildman–Crippen MR) is 159 cm³/mol. The summed E-state index contributed by atoms with van der Waals surface area (Å²) in [7, 11) is -3.81. The minimum Gasteiger partial charge on any atom is -0.353 e. The van der Waals surface area contributed by atoms with Crippen LogP contribution in [0.15, 0.2) is 83.8 Å². The second kappa shape index (κ2) is 11.0. The SMILES string of the molecule is Cc1ccc(Cc2nc(N3CCN(S(=O)(=O)c4ccc([N+](=O)[O-])cc4)CC3)c3c(C)nn(-c4ccccc4)c3n2)cc1. The Kier molecular flexibility index (Phi) is 7.17. The summed E-state index contributed by atoms with van der Waals surface area (Å²) < 4.78 is 29.9. The van der Waals surface area contributed by atoms with Crippen molar-refractivity contribution in [2.75, 3.05) is 31.1 Å². The Hall–Kier alpha value is -4.68. The lowest BCUT2D eigenvalue weighted by molar-refractivity contribution is -0.384. The smallest absolute Gasteiger partial charge is 0.269 e. The maximum absolute atomic E-state index is 13.3. The highest BCUT2D eigenvalue weighted by atomic mass is 32.2. The summed E-state index contributed by atoms with van der Waals surface area (Å²) in [5.74, 6) is 1.38. The van der Waals surface area contributed by atoms with Gasteiger partial charge in [0.05, 0.1) is 26.6 Å². The lowest BCUT2D eigenvalue weighted by atomic mass is 10.1. The fourth-order valence-electron chi connectivity index (χ4n) is 5.18. The Morgan fingerprint density at radius 1 is 0.857 bits per heavy atom. The molecule has 0 bridgehead atoms. The summed E-state index contributed by atoms with van der Waals surface area (Å²) in [5.41, 5.74) is 4.49. The normalized spacial score (nSPS) is 14.4. The molecule has 5 aromatic rings.